The van der Waals surface area contributed by atoms with E-state index >= 15 is 0 Å². The minimum absolute atomic E-state index is 0.404. The van der Waals surface area contributed by atoms with Crippen LogP contribution in [0.5, 0.6) is 0 Å². The monoisotopic (exact) mass is 432 g/mol. The molecule has 0 aliphatic heterocycles. The second-order valence-electron chi connectivity index (χ2n) is 7.60. The molecule has 1 rings (SSSR count). The van der Waals surface area contributed by atoms with Gasteiger partial charge < -0.3 is 25.0 Å². The maximum absolute atomic E-state index is 13.1. The smallest absolute Gasteiger partial charge is 0.408 e. The van der Waals surface area contributed by atoms with Gasteiger partial charge in [0, 0.05) is 0 Å². The van der Waals surface area contributed by atoms with Crippen molar-refractivity contribution in [1.29, 1.82) is 5.26 Å². The summed E-state index contributed by atoms with van der Waals surface area (Å²) in [5.74, 6) is -2.02. The molecule has 1 aromatic carbocycles. The first-order chi connectivity index (χ1) is 14.5. The Labute approximate surface area is 181 Å². The van der Waals surface area contributed by atoms with Crippen LogP contribution in [0.4, 0.5) is 4.79 Å². The summed E-state index contributed by atoms with van der Waals surface area (Å²) in [5.41, 5.74) is -0.336. The van der Waals surface area contributed by atoms with E-state index in [0.717, 1.165) is 4.90 Å². The van der Waals surface area contributed by atoms with Gasteiger partial charge >= 0.3 is 12.1 Å². The van der Waals surface area contributed by atoms with Gasteiger partial charge in [-0.1, -0.05) is 30.3 Å². The highest BCUT2D eigenvalue weighted by Gasteiger charge is 2.34. The van der Waals surface area contributed by atoms with Crippen molar-refractivity contribution in [1.82, 2.24) is 15.5 Å². The molecule has 31 heavy (non-hydrogen) atoms. The summed E-state index contributed by atoms with van der Waals surface area (Å²) in [7, 11) is 1.18. The van der Waals surface area contributed by atoms with Gasteiger partial charge in [0.2, 0.25) is 11.8 Å². The van der Waals surface area contributed by atoms with E-state index in [4.69, 9.17) is 4.74 Å². The maximum atomic E-state index is 13.1. The highest BCUT2D eigenvalue weighted by Crippen LogP contribution is 2.22. The van der Waals surface area contributed by atoms with Crippen LogP contribution in [0, 0.1) is 11.3 Å². The first kappa shape index (κ1) is 25.4. The molecule has 3 amide bonds. The molecule has 2 N–H and O–H groups in total. The van der Waals surface area contributed by atoms with Gasteiger partial charge in [-0.3, -0.25) is 14.4 Å². The third kappa shape index (κ3) is 8.34. The van der Waals surface area contributed by atoms with Crippen LogP contribution in [-0.4, -0.2) is 60.6 Å². The van der Waals surface area contributed by atoms with E-state index in [1.165, 1.54) is 14.0 Å². The number of alkyl carbamates (subject to hydrolysis) is 1. The van der Waals surface area contributed by atoms with Crippen molar-refractivity contribution in [3.05, 3.63) is 35.9 Å². The molecule has 0 bridgehead atoms. The van der Waals surface area contributed by atoms with Crippen LogP contribution in [0.2, 0.25) is 0 Å². The fraction of sp³-hybridized carbons (Fsp3) is 0.476. The molecule has 10 nitrogen and oxygen atoms in total. The normalized spacial score (nSPS) is 12.5. The van der Waals surface area contributed by atoms with Crippen LogP contribution in [0.1, 0.15) is 39.3 Å². The second kappa shape index (κ2) is 11.5. The van der Waals surface area contributed by atoms with E-state index in [1.807, 2.05) is 6.07 Å². The lowest BCUT2D eigenvalue weighted by Gasteiger charge is -2.31. The molecular weight excluding hydrogens is 404 g/mol. The summed E-state index contributed by atoms with van der Waals surface area (Å²) in [4.78, 5) is 50.5. The van der Waals surface area contributed by atoms with Crippen molar-refractivity contribution in [3.8, 4) is 6.07 Å². The Balaban J connectivity index is 3.16. The number of nitrogens with one attached hydrogen (secondary N) is 2. The lowest BCUT2D eigenvalue weighted by atomic mass is 10.0. The Hall–Kier alpha value is -3.61. The third-order valence-corrected chi connectivity index (χ3v) is 3.94. The van der Waals surface area contributed by atoms with Gasteiger partial charge in [-0.25, -0.2) is 4.79 Å². The van der Waals surface area contributed by atoms with Crippen molar-refractivity contribution >= 4 is 23.9 Å². The van der Waals surface area contributed by atoms with Crippen molar-refractivity contribution in [2.45, 2.75) is 45.4 Å². The van der Waals surface area contributed by atoms with Crippen LogP contribution < -0.4 is 10.6 Å². The number of hydrogen-bond donors (Lipinski definition) is 2. The highest BCUT2D eigenvalue weighted by atomic mass is 16.6. The molecule has 0 aromatic heterocycles. The van der Waals surface area contributed by atoms with E-state index in [2.05, 4.69) is 15.4 Å². The first-order valence-electron chi connectivity index (χ1n) is 9.56. The zero-order valence-electron chi connectivity index (χ0n) is 18.3. The Morgan fingerprint density at radius 3 is 2.29 bits per heavy atom. The molecule has 168 valence electrons. The number of rotatable bonds is 8. The van der Waals surface area contributed by atoms with Crippen LogP contribution in [0.3, 0.4) is 0 Å². The van der Waals surface area contributed by atoms with E-state index in [-0.39, 0.29) is 0 Å². The average molecular weight is 432 g/mol. The summed E-state index contributed by atoms with van der Waals surface area (Å²) < 4.78 is 9.67. The predicted octanol–water partition coefficient (Wildman–Crippen LogP) is 1.28. The first-order valence-corrected chi connectivity index (χ1v) is 9.56. The van der Waals surface area contributed by atoms with Crippen molar-refractivity contribution in [3.63, 3.8) is 0 Å². The lowest BCUT2D eigenvalue weighted by molar-refractivity contribution is -0.144. The standard InChI is InChI=1S/C21H28N4O6/c1-14(24-20(29)31-21(2,3)4)19(28)25(12-11-22)17(15-9-7-6-8-10-15)18(27)23-13-16(26)30-5/h6-10,14,17H,12-13H2,1-5H3,(H,23,27)(H,24,29). The highest BCUT2D eigenvalue weighted by molar-refractivity contribution is 5.93. The van der Waals surface area contributed by atoms with Crippen LogP contribution in [-0.2, 0) is 23.9 Å². The molecule has 2 atom stereocenters. The summed E-state index contributed by atoms with van der Waals surface area (Å²) in [6.45, 7) is 5.63. The molecule has 2 unspecified atom stereocenters. The molecule has 10 heteroatoms. The number of hydrogen-bond acceptors (Lipinski definition) is 7. The number of nitriles is 1. The fourth-order valence-corrected chi connectivity index (χ4v) is 2.60. The third-order valence-electron chi connectivity index (χ3n) is 3.94. The van der Waals surface area contributed by atoms with Crippen LogP contribution in [0.15, 0.2) is 30.3 Å². The van der Waals surface area contributed by atoms with Crippen molar-refractivity contribution < 1.29 is 28.7 Å². The average Bonchev–Trinajstić information content (AvgIpc) is 2.70. The number of esters is 1. The van der Waals surface area contributed by atoms with Crippen LogP contribution >= 0.6 is 0 Å². The predicted molar refractivity (Wildman–Crippen MR) is 110 cm³/mol. The zero-order chi connectivity index (χ0) is 23.6. The van der Waals surface area contributed by atoms with Gasteiger partial charge in [-0.2, -0.15) is 5.26 Å². The number of carbonyl (C=O) groups is 4. The molecule has 0 fully saturated rings. The van der Waals surface area contributed by atoms with Gasteiger partial charge in [0.1, 0.15) is 30.8 Å². The molecule has 1 aromatic rings. The Bertz CT molecular complexity index is 829. The summed E-state index contributed by atoms with van der Waals surface area (Å²) in [6.07, 6.45) is -0.809. The largest absolute Gasteiger partial charge is 0.468 e. The van der Waals surface area contributed by atoms with Gasteiger partial charge in [-0.05, 0) is 33.3 Å². The molecule has 0 saturated carbocycles. The Morgan fingerprint density at radius 1 is 1.16 bits per heavy atom. The summed E-state index contributed by atoms with van der Waals surface area (Å²) >= 11 is 0. The summed E-state index contributed by atoms with van der Waals surface area (Å²) in [6, 6.07) is 7.89. The Morgan fingerprint density at radius 2 is 1.77 bits per heavy atom. The van der Waals surface area contributed by atoms with Gasteiger partial charge in [0.15, 0.2) is 0 Å². The summed E-state index contributed by atoms with van der Waals surface area (Å²) in [5, 5.41) is 14.1. The van der Waals surface area contributed by atoms with E-state index in [1.54, 1.807) is 51.1 Å². The van der Waals surface area contributed by atoms with E-state index in [0.29, 0.717) is 5.56 Å². The van der Waals surface area contributed by atoms with Gasteiger partial charge in [0.05, 0.1) is 13.2 Å². The van der Waals surface area contributed by atoms with Gasteiger partial charge in [-0.15, -0.1) is 0 Å². The molecule has 0 saturated heterocycles. The number of carbonyl (C=O) groups excluding carboxylic acids is 4. The molecular formula is C21H28N4O6. The lowest BCUT2D eigenvalue weighted by Crippen LogP contribution is -2.52. The Kier molecular flexibility index (Phi) is 9.47. The topological polar surface area (TPSA) is 138 Å². The number of amides is 3. The van der Waals surface area contributed by atoms with Crippen molar-refractivity contribution in [2.24, 2.45) is 0 Å². The minimum atomic E-state index is -1.21. The molecule has 0 spiro atoms. The number of ether oxygens (including phenoxy) is 2. The maximum Gasteiger partial charge on any atom is 0.408 e. The quantitative estimate of drug-likeness (QED) is 0.466. The van der Waals surface area contributed by atoms with Crippen molar-refractivity contribution in [2.75, 3.05) is 20.2 Å². The molecule has 0 radical (unpaired) electrons. The van der Waals surface area contributed by atoms with E-state index in [9.17, 15) is 24.4 Å². The van der Waals surface area contributed by atoms with Gasteiger partial charge in [0.25, 0.3) is 0 Å². The second-order valence-corrected chi connectivity index (χ2v) is 7.60. The molecule has 0 heterocycles. The minimum Gasteiger partial charge on any atom is -0.468 e. The SMILES string of the molecule is COC(=O)CNC(=O)C(c1ccccc1)N(CC#N)C(=O)C(C)NC(=O)OC(C)(C)C. The van der Waals surface area contributed by atoms with Crippen LogP contribution in [0.25, 0.3) is 0 Å². The van der Waals surface area contributed by atoms with E-state index < -0.39 is 54.7 Å². The fourth-order valence-electron chi connectivity index (χ4n) is 2.60. The zero-order valence-corrected chi connectivity index (χ0v) is 18.3. The number of benzene rings is 1. The number of nitrogens with zero attached hydrogens (tertiary/aromatic N) is 2. The molecule has 0 aliphatic carbocycles. The number of methoxy groups -OCH3 is 1. The molecule has 0 aliphatic rings.